The summed E-state index contributed by atoms with van der Waals surface area (Å²) in [7, 11) is 0. The van der Waals surface area contributed by atoms with Crippen molar-refractivity contribution in [2.24, 2.45) is 0 Å². The van der Waals surface area contributed by atoms with Gasteiger partial charge in [-0.05, 0) is 11.6 Å². The number of rotatable bonds is 3. The van der Waals surface area contributed by atoms with Crippen molar-refractivity contribution in [1.82, 2.24) is 0 Å². The lowest BCUT2D eigenvalue weighted by Crippen LogP contribution is -2.41. The van der Waals surface area contributed by atoms with E-state index < -0.39 is 11.6 Å². The zero-order valence-electron chi connectivity index (χ0n) is 9.47. The summed E-state index contributed by atoms with van der Waals surface area (Å²) >= 11 is 0. The lowest BCUT2D eigenvalue weighted by molar-refractivity contribution is -0.384. The second-order valence-corrected chi connectivity index (χ2v) is 3.85. The Balaban J connectivity index is 2.39. The lowest BCUT2D eigenvalue weighted by atomic mass is 10.1. The standard InChI is InChI=1S/C11H11FN2O4/c12-6-8-3-9(5-10(4-8)14(16)17)13-1-2-18-7-11(13)15/h3-5H,1-2,6-7H2. The van der Waals surface area contributed by atoms with Crippen molar-refractivity contribution in [3.05, 3.63) is 33.9 Å². The molecule has 1 amide bonds. The zero-order valence-corrected chi connectivity index (χ0v) is 9.47. The van der Waals surface area contributed by atoms with E-state index in [9.17, 15) is 19.3 Å². The number of halogens is 1. The average Bonchev–Trinajstić information content (AvgIpc) is 2.38. The first-order chi connectivity index (χ1) is 8.61. The van der Waals surface area contributed by atoms with Gasteiger partial charge >= 0.3 is 0 Å². The largest absolute Gasteiger partial charge is 0.370 e. The van der Waals surface area contributed by atoms with E-state index in [2.05, 4.69) is 0 Å². The summed E-state index contributed by atoms with van der Waals surface area (Å²) in [5.41, 5.74) is 0.295. The highest BCUT2D eigenvalue weighted by molar-refractivity contribution is 5.95. The van der Waals surface area contributed by atoms with Crippen molar-refractivity contribution in [1.29, 1.82) is 0 Å². The normalized spacial score (nSPS) is 15.8. The Hall–Kier alpha value is -2.02. The fourth-order valence-corrected chi connectivity index (χ4v) is 1.79. The molecule has 0 aliphatic carbocycles. The number of hydrogen-bond donors (Lipinski definition) is 0. The van der Waals surface area contributed by atoms with Gasteiger partial charge in [-0.25, -0.2) is 4.39 Å². The van der Waals surface area contributed by atoms with Crippen LogP contribution in [0.2, 0.25) is 0 Å². The molecule has 1 saturated heterocycles. The Labute approximate surface area is 102 Å². The molecule has 1 fully saturated rings. The van der Waals surface area contributed by atoms with Gasteiger partial charge in [0.25, 0.3) is 11.6 Å². The van der Waals surface area contributed by atoms with Crippen molar-refractivity contribution in [3.63, 3.8) is 0 Å². The predicted octanol–water partition coefficient (Wildman–Crippen LogP) is 1.43. The smallest absolute Gasteiger partial charge is 0.271 e. The molecule has 1 aliphatic heterocycles. The van der Waals surface area contributed by atoms with Gasteiger partial charge in [-0.1, -0.05) is 0 Å². The van der Waals surface area contributed by atoms with Crippen LogP contribution in [0.15, 0.2) is 18.2 Å². The third kappa shape index (κ3) is 2.45. The maximum atomic E-state index is 12.7. The summed E-state index contributed by atoms with van der Waals surface area (Å²) in [6.07, 6.45) is 0. The Morgan fingerprint density at radius 3 is 2.83 bits per heavy atom. The molecule has 0 bridgehead atoms. The van der Waals surface area contributed by atoms with Crippen molar-refractivity contribution in [2.75, 3.05) is 24.7 Å². The molecule has 0 aromatic heterocycles. The van der Waals surface area contributed by atoms with Crippen LogP contribution in [0, 0.1) is 10.1 Å². The number of hydrogen-bond acceptors (Lipinski definition) is 4. The summed E-state index contributed by atoms with van der Waals surface area (Å²) in [6, 6.07) is 3.87. The van der Waals surface area contributed by atoms with E-state index in [0.717, 1.165) is 6.07 Å². The van der Waals surface area contributed by atoms with Crippen LogP contribution in [-0.2, 0) is 16.2 Å². The first-order valence-electron chi connectivity index (χ1n) is 5.34. The highest BCUT2D eigenvalue weighted by Crippen LogP contribution is 2.25. The number of carbonyl (C=O) groups is 1. The van der Waals surface area contributed by atoms with Crippen molar-refractivity contribution >= 4 is 17.3 Å². The van der Waals surface area contributed by atoms with E-state index in [0.29, 0.717) is 18.8 Å². The van der Waals surface area contributed by atoms with Crippen molar-refractivity contribution in [2.45, 2.75) is 6.67 Å². The lowest BCUT2D eigenvalue weighted by Gasteiger charge is -2.26. The number of ether oxygens (including phenoxy) is 1. The topological polar surface area (TPSA) is 72.7 Å². The molecule has 1 aliphatic rings. The van der Waals surface area contributed by atoms with E-state index in [1.54, 1.807) is 0 Å². The number of nitro benzene ring substituents is 1. The molecule has 0 atom stereocenters. The van der Waals surface area contributed by atoms with Crippen LogP contribution < -0.4 is 4.90 Å². The first kappa shape index (κ1) is 12.4. The average molecular weight is 254 g/mol. The third-order valence-corrected chi connectivity index (χ3v) is 2.62. The monoisotopic (exact) mass is 254 g/mol. The van der Waals surface area contributed by atoms with E-state index in [-0.39, 0.29) is 23.8 Å². The van der Waals surface area contributed by atoms with E-state index in [1.807, 2.05) is 0 Å². The molecule has 1 aromatic carbocycles. The molecular weight excluding hydrogens is 243 g/mol. The summed E-state index contributed by atoms with van der Waals surface area (Å²) in [5.74, 6) is -0.286. The molecule has 0 N–H and O–H groups in total. The van der Waals surface area contributed by atoms with Gasteiger partial charge < -0.3 is 9.64 Å². The molecule has 7 heteroatoms. The highest BCUT2D eigenvalue weighted by atomic mass is 19.1. The SMILES string of the molecule is O=C1COCCN1c1cc(CF)cc([N+](=O)[O-])c1. The van der Waals surface area contributed by atoms with E-state index in [4.69, 9.17) is 4.74 Å². The van der Waals surface area contributed by atoms with Crippen LogP contribution in [0.1, 0.15) is 5.56 Å². The van der Waals surface area contributed by atoms with Crippen LogP contribution in [0.25, 0.3) is 0 Å². The quantitative estimate of drug-likeness (QED) is 0.604. The molecule has 0 radical (unpaired) electrons. The maximum Gasteiger partial charge on any atom is 0.271 e. The van der Waals surface area contributed by atoms with Crippen LogP contribution in [-0.4, -0.2) is 30.6 Å². The summed E-state index contributed by atoms with van der Waals surface area (Å²) in [4.78, 5) is 23.1. The van der Waals surface area contributed by atoms with Gasteiger partial charge in [-0.2, -0.15) is 0 Å². The molecule has 1 aromatic rings. The molecule has 0 saturated carbocycles. The minimum atomic E-state index is -0.812. The van der Waals surface area contributed by atoms with Crippen LogP contribution in [0.4, 0.5) is 15.8 Å². The van der Waals surface area contributed by atoms with Gasteiger partial charge in [0.1, 0.15) is 13.3 Å². The molecule has 18 heavy (non-hydrogen) atoms. The second-order valence-electron chi connectivity index (χ2n) is 3.85. The van der Waals surface area contributed by atoms with Crippen LogP contribution >= 0.6 is 0 Å². The van der Waals surface area contributed by atoms with Gasteiger partial charge in [-0.3, -0.25) is 14.9 Å². The molecule has 1 heterocycles. The summed E-state index contributed by atoms with van der Waals surface area (Å²) < 4.78 is 17.6. The van der Waals surface area contributed by atoms with E-state index in [1.165, 1.54) is 17.0 Å². The van der Waals surface area contributed by atoms with E-state index >= 15 is 0 Å². The fraction of sp³-hybridized carbons (Fsp3) is 0.364. The Morgan fingerprint density at radius 1 is 1.44 bits per heavy atom. The predicted molar refractivity (Wildman–Crippen MR) is 61.1 cm³/mol. The highest BCUT2D eigenvalue weighted by Gasteiger charge is 2.22. The van der Waals surface area contributed by atoms with Crippen LogP contribution in [0.3, 0.4) is 0 Å². The van der Waals surface area contributed by atoms with Gasteiger partial charge in [0, 0.05) is 18.7 Å². The third-order valence-electron chi connectivity index (χ3n) is 2.62. The summed E-state index contributed by atoms with van der Waals surface area (Å²) in [5, 5.41) is 10.7. The number of benzene rings is 1. The Kier molecular flexibility index (Phi) is 3.52. The summed E-state index contributed by atoms with van der Waals surface area (Å²) in [6.45, 7) is -0.202. The number of alkyl halides is 1. The Bertz CT molecular complexity index is 492. The number of amides is 1. The number of nitrogens with zero attached hydrogens (tertiary/aromatic N) is 2. The van der Waals surface area contributed by atoms with Gasteiger partial charge in [0.15, 0.2) is 0 Å². The zero-order chi connectivity index (χ0) is 13.1. The molecule has 0 spiro atoms. The minimum absolute atomic E-state index is 0.0619. The van der Waals surface area contributed by atoms with Crippen molar-refractivity contribution in [3.8, 4) is 0 Å². The number of non-ortho nitro benzene ring substituents is 1. The fourth-order valence-electron chi connectivity index (χ4n) is 1.79. The number of nitro groups is 1. The second kappa shape index (κ2) is 5.09. The number of carbonyl (C=O) groups excluding carboxylic acids is 1. The molecule has 0 unspecified atom stereocenters. The van der Waals surface area contributed by atoms with Crippen LogP contribution in [0.5, 0.6) is 0 Å². The molecule has 96 valence electrons. The molecule has 6 nitrogen and oxygen atoms in total. The molecule has 2 rings (SSSR count). The molecular formula is C11H11FN2O4. The minimum Gasteiger partial charge on any atom is -0.370 e. The first-order valence-corrected chi connectivity index (χ1v) is 5.34. The van der Waals surface area contributed by atoms with Gasteiger partial charge in [0.2, 0.25) is 0 Å². The number of morpholine rings is 1. The van der Waals surface area contributed by atoms with Gasteiger partial charge in [0.05, 0.1) is 17.2 Å². The van der Waals surface area contributed by atoms with Gasteiger partial charge in [-0.15, -0.1) is 0 Å². The Morgan fingerprint density at radius 2 is 2.22 bits per heavy atom. The maximum absolute atomic E-state index is 12.7. The van der Waals surface area contributed by atoms with Crippen molar-refractivity contribution < 1.29 is 18.8 Å². The number of anilines is 1.